The monoisotopic (exact) mass is 220 g/mol. The Labute approximate surface area is 92.3 Å². The normalized spacial score (nSPS) is 19.6. The number of carbonyl (C=O) groups is 2. The van der Waals surface area contributed by atoms with Crippen LogP contribution in [0.3, 0.4) is 0 Å². The van der Waals surface area contributed by atoms with Crippen LogP contribution in [0.15, 0.2) is 18.2 Å². The van der Waals surface area contributed by atoms with Gasteiger partial charge in [0.15, 0.2) is 0 Å². The highest BCUT2D eigenvalue weighted by atomic mass is 16.4. The summed E-state index contributed by atoms with van der Waals surface area (Å²) in [6.45, 7) is 0. The van der Waals surface area contributed by atoms with E-state index in [1.54, 1.807) is 12.1 Å². The molecule has 1 aromatic rings. The van der Waals surface area contributed by atoms with Crippen molar-refractivity contribution in [3.8, 4) is 0 Å². The van der Waals surface area contributed by atoms with Crippen molar-refractivity contribution in [3.05, 3.63) is 29.3 Å². The first-order valence-electron chi connectivity index (χ1n) is 5.00. The largest absolute Gasteiger partial charge is 0.478 e. The SMILES string of the molecule is NC1CCc2cc(C(=O)O)ccc2NC1=O. The summed E-state index contributed by atoms with van der Waals surface area (Å²) >= 11 is 0. The van der Waals surface area contributed by atoms with Gasteiger partial charge < -0.3 is 16.2 Å². The van der Waals surface area contributed by atoms with Gasteiger partial charge in [-0.15, -0.1) is 0 Å². The smallest absolute Gasteiger partial charge is 0.335 e. The van der Waals surface area contributed by atoms with E-state index in [0.29, 0.717) is 18.5 Å². The Kier molecular flexibility index (Phi) is 2.62. The first-order chi connectivity index (χ1) is 7.58. The second-order valence-electron chi connectivity index (χ2n) is 3.81. The van der Waals surface area contributed by atoms with Crippen molar-refractivity contribution in [2.24, 2.45) is 5.73 Å². The van der Waals surface area contributed by atoms with Gasteiger partial charge in [-0.05, 0) is 36.6 Å². The maximum Gasteiger partial charge on any atom is 0.335 e. The summed E-state index contributed by atoms with van der Waals surface area (Å²) in [5.41, 5.74) is 7.33. The summed E-state index contributed by atoms with van der Waals surface area (Å²) in [4.78, 5) is 22.2. The van der Waals surface area contributed by atoms with Gasteiger partial charge in [0.05, 0.1) is 11.6 Å². The number of carboxylic acid groups (broad SMARTS) is 1. The molecule has 5 heteroatoms. The molecule has 5 nitrogen and oxygen atoms in total. The van der Waals surface area contributed by atoms with E-state index in [4.69, 9.17) is 10.8 Å². The Morgan fingerprint density at radius 1 is 1.50 bits per heavy atom. The Morgan fingerprint density at radius 2 is 2.25 bits per heavy atom. The van der Waals surface area contributed by atoms with Crippen LogP contribution in [0, 0.1) is 0 Å². The maximum atomic E-state index is 11.4. The van der Waals surface area contributed by atoms with Gasteiger partial charge in [-0.25, -0.2) is 4.79 Å². The quantitative estimate of drug-likeness (QED) is 0.646. The van der Waals surface area contributed by atoms with E-state index >= 15 is 0 Å². The van der Waals surface area contributed by atoms with Crippen molar-refractivity contribution in [1.82, 2.24) is 0 Å². The summed E-state index contributed by atoms with van der Waals surface area (Å²) in [5.74, 6) is -1.19. The van der Waals surface area contributed by atoms with Crippen molar-refractivity contribution in [1.29, 1.82) is 0 Å². The van der Waals surface area contributed by atoms with Crippen LogP contribution in [0.5, 0.6) is 0 Å². The first kappa shape index (κ1) is 10.6. The third-order valence-corrected chi connectivity index (χ3v) is 2.67. The van der Waals surface area contributed by atoms with Gasteiger partial charge in [-0.3, -0.25) is 4.79 Å². The van der Waals surface area contributed by atoms with Crippen molar-refractivity contribution >= 4 is 17.6 Å². The second kappa shape index (κ2) is 3.94. The summed E-state index contributed by atoms with van der Waals surface area (Å²) in [6, 6.07) is 4.13. The summed E-state index contributed by atoms with van der Waals surface area (Å²) in [7, 11) is 0. The number of amides is 1. The Balaban J connectivity index is 2.38. The van der Waals surface area contributed by atoms with E-state index in [2.05, 4.69) is 5.32 Å². The average Bonchev–Trinajstić information content (AvgIpc) is 2.39. The summed E-state index contributed by atoms with van der Waals surface area (Å²) in [5, 5.41) is 11.5. The predicted octanol–water partition coefficient (Wildman–Crippen LogP) is 0.597. The molecule has 0 aromatic heterocycles. The van der Waals surface area contributed by atoms with E-state index in [1.165, 1.54) is 6.07 Å². The van der Waals surface area contributed by atoms with Crippen LogP contribution in [0.25, 0.3) is 0 Å². The number of aryl methyl sites for hydroxylation is 1. The molecule has 0 saturated carbocycles. The average molecular weight is 220 g/mol. The topological polar surface area (TPSA) is 92.4 Å². The van der Waals surface area contributed by atoms with Crippen LogP contribution in [0.1, 0.15) is 22.3 Å². The molecule has 0 radical (unpaired) electrons. The van der Waals surface area contributed by atoms with Crippen molar-refractivity contribution in [2.75, 3.05) is 5.32 Å². The fourth-order valence-electron chi connectivity index (χ4n) is 1.72. The molecule has 2 rings (SSSR count). The lowest BCUT2D eigenvalue weighted by Crippen LogP contribution is -2.34. The third-order valence-electron chi connectivity index (χ3n) is 2.67. The molecule has 0 fully saturated rings. The second-order valence-corrected chi connectivity index (χ2v) is 3.81. The third kappa shape index (κ3) is 1.90. The fourth-order valence-corrected chi connectivity index (χ4v) is 1.72. The van der Waals surface area contributed by atoms with E-state index in [0.717, 1.165) is 5.56 Å². The standard InChI is InChI=1S/C11H12N2O3/c12-8-3-1-6-5-7(11(15)16)2-4-9(6)13-10(8)14/h2,4-5,8H,1,3,12H2,(H,13,14)(H,15,16). The Bertz CT molecular complexity index is 457. The first-order valence-corrected chi connectivity index (χ1v) is 5.00. The van der Waals surface area contributed by atoms with Gasteiger partial charge in [0, 0.05) is 5.69 Å². The van der Waals surface area contributed by atoms with Crippen LogP contribution in [0.4, 0.5) is 5.69 Å². The zero-order chi connectivity index (χ0) is 11.7. The number of hydrogen-bond donors (Lipinski definition) is 3. The van der Waals surface area contributed by atoms with Crippen molar-refractivity contribution < 1.29 is 14.7 Å². The van der Waals surface area contributed by atoms with E-state index in [-0.39, 0.29) is 11.5 Å². The lowest BCUT2D eigenvalue weighted by atomic mass is 10.0. The van der Waals surface area contributed by atoms with Gasteiger partial charge in [0.1, 0.15) is 0 Å². The minimum Gasteiger partial charge on any atom is -0.478 e. The molecule has 0 spiro atoms. The zero-order valence-electron chi connectivity index (χ0n) is 8.56. The highest BCUT2D eigenvalue weighted by molar-refractivity contribution is 5.97. The molecule has 1 unspecified atom stereocenters. The van der Waals surface area contributed by atoms with Gasteiger partial charge in [0.25, 0.3) is 0 Å². The molecule has 16 heavy (non-hydrogen) atoms. The van der Waals surface area contributed by atoms with Gasteiger partial charge in [0.2, 0.25) is 5.91 Å². The van der Waals surface area contributed by atoms with E-state index in [9.17, 15) is 9.59 Å². The van der Waals surface area contributed by atoms with Crippen LogP contribution in [-0.2, 0) is 11.2 Å². The fraction of sp³-hybridized carbons (Fsp3) is 0.273. The van der Waals surface area contributed by atoms with E-state index < -0.39 is 12.0 Å². The molecule has 84 valence electrons. The highest BCUT2D eigenvalue weighted by Gasteiger charge is 2.20. The molecule has 1 aliphatic heterocycles. The molecule has 0 aliphatic carbocycles. The van der Waals surface area contributed by atoms with Gasteiger partial charge in [-0.1, -0.05) is 0 Å². The van der Waals surface area contributed by atoms with Crippen molar-refractivity contribution in [3.63, 3.8) is 0 Å². The molecule has 0 saturated heterocycles. The molecule has 1 heterocycles. The summed E-state index contributed by atoms with van der Waals surface area (Å²) in [6.07, 6.45) is 1.14. The van der Waals surface area contributed by atoms with Crippen molar-refractivity contribution in [2.45, 2.75) is 18.9 Å². The minimum atomic E-state index is -0.970. The van der Waals surface area contributed by atoms with Gasteiger partial charge >= 0.3 is 5.97 Å². The number of nitrogens with two attached hydrogens (primary N) is 1. The maximum absolute atomic E-state index is 11.4. The minimum absolute atomic E-state index is 0.221. The number of rotatable bonds is 1. The lowest BCUT2D eigenvalue weighted by Gasteiger charge is -2.07. The molecular weight excluding hydrogens is 208 g/mol. The number of nitrogens with one attached hydrogen (secondary N) is 1. The Morgan fingerprint density at radius 3 is 2.94 bits per heavy atom. The highest BCUT2D eigenvalue weighted by Crippen LogP contribution is 2.22. The number of hydrogen-bond acceptors (Lipinski definition) is 3. The molecule has 4 N–H and O–H groups in total. The molecule has 1 aliphatic rings. The molecular formula is C11H12N2O3. The molecule has 1 aromatic carbocycles. The van der Waals surface area contributed by atoms with Crippen LogP contribution < -0.4 is 11.1 Å². The number of carboxylic acids is 1. The number of aromatic carboxylic acids is 1. The summed E-state index contributed by atoms with van der Waals surface area (Å²) < 4.78 is 0. The van der Waals surface area contributed by atoms with E-state index in [1.807, 2.05) is 0 Å². The van der Waals surface area contributed by atoms with Crippen LogP contribution >= 0.6 is 0 Å². The van der Waals surface area contributed by atoms with Crippen LogP contribution in [0.2, 0.25) is 0 Å². The zero-order valence-corrected chi connectivity index (χ0v) is 8.56. The number of carbonyl (C=O) groups excluding carboxylic acids is 1. The molecule has 1 amide bonds. The Hall–Kier alpha value is -1.88. The lowest BCUT2D eigenvalue weighted by molar-refractivity contribution is -0.117. The van der Waals surface area contributed by atoms with Crippen LogP contribution in [-0.4, -0.2) is 23.0 Å². The molecule has 0 bridgehead atoms. The number of anilines is 1. The predicted molar refractivity (Wildman–Crippen MR) is 58.3 cm³/mol. The molecule has 1 atom stereocenters. The number of fused-ring (bicyclic) bond motifs is 1. The number of benzene rings is 1. The van der Waals surface area contributed by atoms with Gasteiger partial charge in [-0.2, -0.15) is 0 Å².